The molecular weight excluding hydrogens is 177 g/mol. The van der Waals surface area contributed by atoms with Crippen LogP contribution in [0, 0.1) is 17.5 Å². The normalized spacial score (nSPS) is 10.2. The van der Waals surface area contributed by atoms with Crippen LogP contribution in [0.25, 0.3) is 0 Å². The maximum absolute atomic E-state index is 12.4. The van der Waals surface area contributed by atoms with E-state index >= 15 is 0 Å². The molecule has 60 valence electrons. The number of thiol groups is 1. The van der Waals surface area contributed by atoms with Crippen LogP contribution in [0.15, 0.2) is 11.0 Å². The molecule has 1 rings (SSSR count). The molecule has 5 heteroatoms. The number of rotatable bonds is 0. The fourth-order valence-corrected chi connectivity index (χ4v) is 0.787. The van der Waals surface area contributed by atoms with Crippen molar-refractivity contribution in [2.24, 2.45) is 0 Å². The minimum atomic E-state index is -1.37. The van der Waals surface area contributed by atoms with Crippen molar-refractivity contribution in [2.45, 2.75) is 4.90 Å². The second-order valence-electron chi connectivity index (χ2n) is 1.85. The standard InChI is InChI=1S/C6H3F3OS/c7-2-1-3(8)5(10)6(11)4(2)9/h1,10-11H. The minimum Gasteiger partial charge on any atom is -0.504 e. The van der Waals surface area contributed by atoms with Crippen LogP contribution >= 0.6 is 12.6 Å². The van der Waals surface area contributed by atoms with Crippen molar-refractivity contribution in [1.29, 1.82) is 0 Å². The summed E-state index contributed by atoms with van der Waals surface area (Å²) in [6, 6.07) is 0.254. The summed E-state index contributed by atoms with van der Waals surface area (Å²) in [5.74, 6) is -4.93. The lowest BCUT2D eigenvalue weighted by atomic mass is 10.3. The van der Waals surface area contributed by atoms with Gasteiger partial charge in [0.2, 0.25) is 0 Å². The third-order valence-corrected chi connectivity index (χ3v) is 1.53. The van der Waals surface area contributed by atoms with Gasteiger partial charge < -0.3 is 5.11 Å². The summed E-state index contributed by atoms with van der Waals surface area (Å²) in [5.41, 5.74) is 0. The van der Waals surface area contributed by atoms with Crippen LogP contribution in [0.1, 0.15) is 0 Å². The van der Waals surface area contributed by atoms with E-state index in [1.54, 1.807) is 0 Å². The van der Waals surface area contributed by atoms with Crippen LogP contribution < -0.4 is 0 Å². The van der Waals surface area contributed by atoms with Crippen molar-refractivity contribution in [3.63, 3.8) is 0 Å². The number of phenolic OH excluding ortho intramolecular Hbond substituents is 1. The maximum Gasteiger partial charge on any atom is 0.176 e. The van der Waals surface area contributed by atoms with Gasteiger partial charge in [-0.15, -0.1) is 12.6 Å². The van der Waals surface area contributed by atoms with E-state index in [1.165, 1.54) is 0 Å². The van der Waals surface area contributed by atoms with E-state index in [1.807, 2.05) is 0 Å². The Morgan fingerprint density at radius 1 is 1.18 bits per heavy atom. The third kappa shape index (κ3) is 1.28. The van der Waals surface area contributed by atoms with Gasteiger partial charge in [0.25, 0.3) is 0 Å². The number of phenols is 1. The molecule has 1 aromatic rings. The lowest BCUT2D eigenvalue weighted by molar-refractivity contribution is 0.392. The van der Waals surface area contributed by atoms with Crippen molar-refractivity contribution in [2.75, 3.05) is 0 Å². The zero-order valence-electron chi connectivity index (χ0n) is 5.11. The monoisotopic (exact) mass is 180 g/mol. The molecule has 0 heterocycles. The van der Waals surface area contributed by atoms with Crippen molar-refractivity contribution < 1.29 is 18.3 Å². The van der Waals surface area contributed by atoms with Crippen molar-refractivity contribution in [3.05, 3.63) is 23.5 Å². The Morgan fingerprint density at radius 2 is 1.73 bits per heavy atom. The molecular formula is C6H3F3OS. The molecule has 0 saturated carbocycles. The van der Waals surface area contributed by atoms with Crippen LogP contribution in [0.2, 0.25) is 0 Å². The summed E-state index contributed by atoms with van der Waals surface area (Å²) >= 11 is 3.35. The van der Waals surface area contributed by atoms with E-state index in [2.05, 4.69) is 12.6 Å². The molecule has 0 aromatic heterocycles. The number of benzene rings is 1. The summed E-state index contributed by atoms with van der Waals surface area (Å²) in [4.78, 5) is -0.720. The van der Waals surface area contributed by atoms with E-state index in [4.69, 9.17) is 5.11 Å². The Balaban J connectivity index is 3.46. The summed E-state index contributed by atoms with van der Waals surface area (Å²) < 4.78 is 37.0. The van der Waals surface area contributed by atoms with Gasteiger partial charge in [0.05, 0.1) is 4.90 Å². The summed E-state index contributed by atoms with van der Waals surface area (Å²) in [7, 11) is 0. The molecule has 1 N–H and O–H groups in total. The van der Waals surface area contributed by atoms with Gasteiger partial charge >= 0.3 is 0 Å². The second kappa shape index (κ2) is 2.65. The first-order valence-corrected chi connectivity index (χ1v) is 3.04. The van der Waals surface area contributed by atoms with Gasteiger partial charge in [-0.2, -0.15) is 0 Å². The first-order valence-electron chi connectivity index (χ1n) is 2.59. The number of halogens is 3. The topological polar surface area (TPSA) is 20.2 Å². The predicted octanol–water partition coefficient (Wildman–Crippen LogP) is 2.10. The Morgan fingerprint density at radius 3 is 2.27 bits per heavy atom. The Kier molecular flexibility index (Phi) is 1.99. The van der Waals surface area contributed by atoms with Crippen molar-refractivity contribution in [1.82, 2.24) is 0 Å². The average molecular weight is 180 g/mol. The molecule has 0 radical (unpaired) electrons. The minimum absolute atomic E-state index is 0.254. The fraction of sp³-hybridized carbons (Fsp3) is 0. The number of hydrogen-bond donors (Lipinski definition) is 2. The van der Waals surface area contributed by atoms with Crippen LogP contribution in [-0.4, -0.2) is 5.11 Å². The molecule has 0 spiro atoms. The molecule has 0 aliphatic carbocycles. The molecule has 11 heavy (non-hydrogen) atoms. The second-order valence-corrected chi connectivity index (χ2v) is 2.30. The van der Waals surface area contributed by atoms with Gasteiger partial charge in [-0.05, 0) is 0 Å². The van der Waals surface area contributed by atoms with E-state index in [9.17, 15) is 13.2 Å². The first-order chi connectivity index (χ1) is 5.04. The van der Waals surface area contributed by atoms with E-state index in [-0.39, 0.29) is 6.07 Å². The SMILES string of the molecule is Oc1c(F)cc(F)c(F)c1S. The Bertz CT molecular complexity index is 274. The highest BCUT2D eigenvalue weighted by atomic mass is 32.1. The maximum atomic E-state index is 12.4. The summed E-state index contributed by atoms with van der Waals surface area (Å²) in [6.45, 7) is 0. The smallest absolute Gasteiger partial charge is 0.176 e. The number of aromatic hydroxyl groups is 1. The zero-order valence-corrected chi connectivity index (χ0v) is 6.00. The van der Waals surface area contributed by atoms with Gasteiger partial charge in [-0.25, -0.2) is 13.2 Å². The zero-order chi connectivity index (χ0) is 8.59. The van der Waals surface area contributed by atoms with Gasteiger partial charge in [-0.3, -0.25) is 0 Å². The van der Waals surface area contributed by atoms with E-state index in [0.29, 0.717) is 0 Å². The summed E-state index contributed by atoms with van der Waals surface area (Å²) in [6.07, 6.45) is 0. The molecule has 0 saturated heterocycles. The lowest BCUT2D eigenvalue weighted by Gasteiger charge is -2.00. The lowest BCUT2D eigenvalue weighted by Crippen LogP contribution is -1.89. The molecule has 0 atom stereocenters. The molecule has 0 bridgehead atoms. The van der Waals surface area contributed by atoms with Crippen LogP contribution in [0.4, 0.5) is 13.2 Å². The van der Waals surface area contributed by atoms with E-state index in [0.717, 1.165) is 0 Å². The van der Waals surface area contributed by atoms with Crippen LogP contribution in [0.3, 0.4) is 0 Å². The largest absolute Gasteiger partial charge is 0.504 e. The average Bonchev–Trinajstić information content (AvgIpc) is 1.97. The number of hydrogen-bond acceptors (Lipinski definition) is 2. The van der Waals surface area contributed by atoms with Crippen LogP contribution in [-0.2, 0) is 0 Å². The van der Waals surface area contributed by atoms with Crippen LogP contribution in [0.5, 0.6) is 5.75 Å². The quantitative estimate of drug-likeness (QED) is 0.462. The highest BCUT2D eigenvalue weighted by Gasteiger charge is 2.14. The highest BCUT2D eigenvalue weighted by Crippen LogP contribution is 2.28. The Hall–Kier alpha value is -0.840. The Labute approximate surface area is 65.9 Å². The molecule has 0 fully saturated rings. The summed E-state index contributed by atoms with van der Waals surface area (Å²) in [5, 5.41) is 8.65. The highest BCUT2D eigenvalue weighted by molar-refractivity contribution is 7.80. The van der Waals surface area contributed by atoms with Gasteiger partial charge in [-0.1, -0.05) is 0 Å². The van der Waals surface area contributed by atoms with Gasteiger partial charge in [0.1, 0.15) is 0 Å². The van der Waals surface area contributed by atoms with Gasteiger partial charge in [0.15, 0.2) is 23.2 Å². The first kappa shape index (κ1) is 8.26. The predicted molar refractivity (Wildman–Crippen MR) is 35.2 cm³/mol. The van der Waals surface area contributed by atoms with Crippen molar-refractivity contribution in [3.8, 4) is 5.75 Å². The van der Waals surface area contributed by atoms with Crippen molar-refractivity contribution >= 4 is 12.6 Å². The third-order valence-electron chi connectivity index (χ3n) is 1.12. The molecule has 0 unspecified atom stereocenters. The van der Waals surface area contributed by atoms with Gasteiger partial charge in [0, 0.05) is 6.07 Å². The molecule has 1 aromatic carbocycles. The molecule has 1 nitrogen and oxygen atoms in total. The fourth-order valence-electron chi connectivity index (χ4n) is 0.573. The van der Waals surface area contributed by atoms with E-state index < -0.39 is 28.1 Å². The molecule has 0 aliphatic rings. The molecule has 0 aliphatic heterocycles. The molecule has 0 amide bonds.